The van der Waals surface area contributed by atoms with E-state index in [1.165, 1.54) is 12.1 Å². The molecule has 0 radical (unpaired) electrons. The van der Waals surface area contributed by atoms with E-state index in [4.69, 9.17) is 5.84 Å². The molecule has 5 heteroatoms. The number of halogens is 1. The average molecular weight is 267 g/mol. The van der Waals surface area contributed by atoms with Gasteiger partial charge in [0.1, 0.15) is 5.82 Å². The number of hydrogen-bond donors (Lipinski definition) is 3. The van der Waals surface area contributed by atoms with Crippen LogP contribution in [-0.4, -0.2) is 11.4 Å². The molecule has 1 aromatic rings. The third kappa shape index (κ3) is 3.23. The molecule has 1 aromatic carbocycles. The van der Waals surface area contributed by atoms with Gasteiger partial charge in [0.2, 0.25) is 0 Å². The Hall–Kier alpha value is -1.62. The molecule has 106 valence electrons. The highest BCUT2D eigenvalue weighted by atomic mass is 19.1. The molecule has 1 amide bonds. The number of hydrazine groups is 1. The van der Waals surface area contributed by atoms with E-state index >= 15 is 0 Å². The molecule has 0 atom stereocenters. The largest absolute Gasteiger partial charge is 0.347 e. The molecule has 0 aliphatic heterocycles. The number of rotatable bonds is 6. The summed E-state index contributed by atoms with van der Waals surface area (Å²) in [5.41, 5.74) is 2.24. The van der Waals surface area contributed by atoms with E-state index in [1.807, 2.05) is 20.8 Å². The van der Waals surface area contributed by atoms with Crippen molar-refractivity contribution >= 4 is 11.6 Å². The summed E-state index contributed by atoms with van der Waals surface area (Å²) in [7, 11) is 0. The Morgan fingerprint density at radius 1 is 1.26 bits per heavy atom. The number of benzene rings is 1. The van der Waals surface area contributed by atoms with Crippen molar-refractivity contribution in [2.24, 2.45) is 5.84 Å². The summed E-state index contributed by atoms with van der Waals surface area (Å²) >= 11 is 0. The summed E-state index contributed by atoms with van der Waals surface area (Å²) in [5, 5.41) is 3.00. The number of amides is 1. The Labute approximate surface area is 113 Å². The van der Waals surface area contributed by atoms with E-state index in [0.717, 1.165) is 19.3 Å². The van der Waals surface area contributed by atoms with E-state index < -0.39 is 5.82 Å². The SMILES string of the molecule is CCC(CC)(CC)NC(=O)c1cccc(F)c1NN. The van der Waals surface area contributed by atoms with Gasteiger partial charge in [0.25, 0.3) is 5.91 Å². The highest BCUT2D eigenvalue weighted by Gasteiger charge is 2.27. The van der Waals surface area contributed by atoms with Crippen LogP contribution in [0, 0.1) is 5.82 Å². The number of carbonyl (C=O) groups excluding carboxylic acids is 1. The molecule has 0 fully saturated rings. The van der Waals surface area contributed by atoms with Gasteiger partial charge < -0.3 is 10.7 Å². The number of hydrogen-bond acceptors (Lipinski definition) is 3. The molecule has 0 saturated heterocycles. The molecule has 19 heavy (non-hydrogen) atoms. The van der Waals surface area contributed by atoms with Crippen molar-refractivity contribution in [2.45, 2.75) is 45.6 Å². The first-order valence-corrected chi connectivity index (χ1v) is 6.61. The number of para-hydroxylation sites is 1. The van der Waals surface area contributed by atoms with Gasteiger partial charge in [0.05, 0.1) is 11.3 Å². The fourth-order valence-corrected chi connectivity index (χ4v) is 2.18. The van der Waals surface area contributed by atoms with Crippen molar-refractivity contribution in [1.82, 2.24) is 5.32 Å². The predicted octanol–water partition coefficient (Wildman–Crippen LogP) is 2.81. The molecule has 0 aliphatic carbocycles. The van der Waals surface area contributed by atoms with Crippen LogP contribution in [0.1, 0.15) is 50.4 Å². The standard InChI is InChI=1S/C14H22FN3O/c1-4-14(5-2,6-3)17-13(19)10-8-7-9-11(15)12(10)18-16/h7-9,18H,4-6,16H2,1-3H3,(H,17,19). The average Bonchev–Trinajstić information content (AvgIpc) is 2.44. The van der Waals surface area contributed by atoms with Gasteiger partial charge >= 0.3 is 0 Å². The van der Waals surface area contributed by atoms with E-state index in [0.29, 0.717) is 0 Å². The normalized spacial score (nSPS) is 11.2. The zero-order valence-corrected chi connectivity index (χ0v) is 11.7. The third-order valence-electron chi connectivity index (χ3n) is 3.81. The van der Waals surface area contributed by atoms with E-state index in [9.17, 15) is 9.18 Å². The van der Waals surface area contributed by atoms with E-state index in [-0.39, 0.29) is 22.7 Å². The highest BCUT2D eigenvalue weighted by Crippen LogP contribution is 2.23. The van der Waals surface area contributed by atoms with Crippen LogP contribution in [-0.2, 0) is 0 Å². The maximum Gasteiger partial charge on any atom is 0.253 e. The summed E-state index contributed by atoms with van der Waals surface area (Å²) in [4.78, 5) is 12.3. The summed E-state index contributed by atoms with van der Waals surface area (Å²) in [6.45, 7) is 6.09. The predicted molar refractivity (Wildman–Crippen MR) is 75.3 cm³/mol. The molecule has 0 spiro atoms. The maximum atomic E-state index is 13.6. The quantitative estimate of drug-likeness (QED) is 0.548. The van der Waals surface area contributed by atoms with Crippen LogP contribution in [0.2, 0.25) is 0 Å². The van der Waals surface area contributed by atoms with Crippen LogP contribution < -0.4 is 16.6 Å². The first kappa shape index (κ1) is 15.4. The van der Waals surface area contributed by atoms with Crippen molar-refractivity contribution in [1.29, 1.82) is 0 Å². The van der Waals surface area contributed by atoms with Crippen molar-refractivity contribution in [3.05, 3.63) is 29.6 Å². The van der Waals surface area contributed by atoms with Crippen molar-refractivity contribution < 1.29 is 9.18 Å². The lowest BCUT2D eigenvalue weighted by atomic mass is 9.89. The zero-order chi connectivity index (χ0) is 14.5. The molecule has 0 bridgehead atoms. The lowest BCUT2D eigenvalue weighted by Crippen LogP contribution is -2.47. The van der Waals surface area contributed by atoms with E-state index in [2.05, 4.69) is 10.7 Å². The fraction of sp³-hybridized carbons (Fsp3) is 0.500. The second kappa shape index (κ2) is 6.52. The molecular weight excluding hydrogens is 245 g/mol. The van der Waals surface area contributed by atoms with Crippen LogP contribution in [0.25, 0.3) is 0 Å². The van der Waals surface area contributed by atoms with Crippen molar-refractivity contribution in [2.75, 3.05) is 5.43 Å². The minimum absolute atomic E-state index is 0.0252. The Kier molecular flexibility index (Phi) is 5.30. The second-order valence-electron chi connectivity index (χ2n) is 4.60. The number of nitrogen functional groups attached to an aromatic ring is 1. The monoisotopic (exact) mass is 267 g/mol. The minimum Gasteiger partial charge on any atom is -0.347 e. The van der Waals surface area contributed by atoms with Crippen LogP contribution in [0.5, 0.6) is 0 Å². The van der Waals surface area contributed by atoms with Crippen molar-refractivity contribution in [3.63, 3.8) is 0 Å². The fourth-order valence-electron chi connectivity index (χ4n) is 2.18. The molecular formula is C14H22FN3O. The molecule has 0 saturated carbocycles. The molecule has 0 aromatic heterocycles. The van der Waals surface area contributed by atoms with Gasteiger partial charge in [-0.25, -0.2) is 4.39 Å². The topological polar surface area (TPSA) is 67.2 Å². The minimum atomic E-state index is -0.537. The van der Waals surface area contributed by atoms with Gasteiger partial charge in [-0.15, -0.1) is 0 Å². The molecule has 0 heterocycles. The smallest absolute Gasteiger partial charge is 0.253 e. The Morgan fingerprint density at radius 2 is 1.84 bits per heavy atom. The second-order valence-corrected chi connectivity index (χ2v) is 4.60. The first-order chi connectivity index (χ1) is 9.03. The van der Waals surface area contributed by atoms with Crippen LogP contribution in [0.4, 0.5) is 10.1 Å². The molecule has 4 N–H and O–H groups in total. The van der Waals surface area contributed by atoms with E-state index in [1.54, 1.807) is 6.07 Å². The molecule has 4 nitrogen and oxygen atoms in total. The van der Waals surface area contributed by atoms with Gasteiger partial charge in [0.15, 0.2) is 0 Å². The lowest BCUT2D eigenvalue weighted by Gasteiger charge is -2.32. The van der Waals surface area contributed by atoms with Crippen LogP contribution in [0.3, 0.4) is 0 Å². The summed E-state index contributed by atoms with van der Waals surface area (Å²) in [6, 6.07) is 4.31. The van der Waals surface area contributed by atoms with Gasteiger partial charge in [-0.05, 0) is 31.4 Å². The van der Waals surface area contributed by atoms with Gasteiger partial charge in [0, 0.05) is 5.54 Å². The van der Waals surface area contributed by atoms with Crippen LogP contribution >= 0.6 is 0 Å². The molecule has 1 rings (SSSR count). The zero-order valence-electron chi connectivity index (χ0n) is 11.7. The van der Waals surface area contributed by atoms with Crippen molar-refractivity contribution in [3.8, 4) is 0 Å². The first-order valence-electron chi connectivity index (χ1n) is 6.61. The maximum absolute atomic E-state index is 13.6. The Bertz CT molecular complexity index is 436. The lowest BCUT2D eigenvalue weighted by molar-refractivity contribution is 0.0888. The number of nitrogens with two attached hydrogens (primary N) is 1. The van der Waals surface area contributed by atoms with Gasteiger partial charge in [-0.2, -0.15) is 0 Å². The Morgan fingerprint density at radius 3 is 2.32 bits per heavy atom. The molecule has 0 unspecified atom stereocenters. The summed E-state index contributed by atoms with van der Waals surface area (Å²) < 4.78 is 13.6. The van der Waals surface area contributed by atoms with Gasteiger partial charge in [-0.3, -0.25) is 10.6 Å². The van der Waals surface area contributed by atoms with Gasteiger partial charge in [-0.1, -0.05) is 26.8 Å². The number of carbonyl (C=O) groups is 1. The highest BCUT2D eigenvalue weighted by molar-refractivity contribution is 6.00. The molecule has 0 aliphatic rings. The third-order valence-corrected chi connectivity index (χ3v) is 3.81. The number of anilines is 1. The summed E-state index contributed by atoms with van der Waals surface area (Å²) in [6.07, 6.45) is 2.48. The Balaban J connectivity index is 3.04. The van der Waals surface area contributed by atoms with Crippen LogP contribution in [0.15, 0.2) is 18.2 Å². The number of nitrogens with one attached hydrogen (secondary N) is 2. The summed E-state index contributed by atoms with van der Waals surface area (Å²) in [5.74, 6) is 4.44.